The molecule has 0 spiro atoms. The number of rotatable bonds is 9. The zero-order valence-electron chi connectivity index (χ0n) is 12.8. The maximum absolute atomic E-state index is 9.99. The van der Waals surface area contributed by atoms with Crippen molar-refractivity contribution in [2.45, 2.75) is 39.7 Å². The van der Waals surface area contributed by atoms with Crippen molar-refractivity contribution in [3.05, 3.63) is 28.2 Å². The number of aromatic hydroxyl groups is 1. The molecule has 0 heterocycles. The Kier molecular flexibility index (Phi) is 8.19. The fourth-order valence-electron chi connectivity index (χ4n) is 2.40. The lowest BCUT2D eigenvalue weighted by Crippen LogP contribution is -2.28. The average molecular weight is 343 g/mol. The third kappa shape index (κ3) is 5.43. The summed E-state index contributed by atoms with van der Waals surface area (Å²) in [6.07, 6.45) is 2.10. The first-order valence-electron chi connectivity index (χ1n) is 7.56. The Morgan fingerprint density at radius 2 is 1.95 bits per heavy atom. The molecule has 0 aliphatic carbocycles. The first-order valence-corrected chi connectivity index (χ1v) is 8.35. The summed E-state index contributed by atoms with van der Waals surface area (Å²) in [5.74, 6) is 0.372. The zero-order chi connectivity index (χ0) is 15.0. The second-order valence-electron chi connectivity index (χ2n) is 5.00. The SMILES string of the molecule is CCC(NCCCN(CC)CC)c1cc(Br)ccc1O. The Morgan fingerprint density at radius 3 is 2.55 bits per heavy atom. The van der Waals surface area contributed by atoms with Gasteiger partial charge in [-0.2, -0.15) is 0 Å². The largest absolute Gasteiger partial charge is 0.508 e. The molecule has 0 radical (unpaired) electrons. The van der Waals surface area contributed by atoms with E-state index in [0.29, 0.717) is 5.75 Å². The van der Waals surface area contributed by atoms with Gasteiger partial charge in [-0.3, -0.25) is 0 Å². The van der Waals surface area contributed by atoms with Crippen LogP contribution >= 0.6 is 15.9 Å². The van der Waals surface area contributed by atoms with E-state index in [9.17, 15) is 5.11 Å². The van der Waals surface area contributed by atoms with Crippen molar-refractivity contribution >= 4 is 15.9 Å². The summed E-state index contributed by atoms with van der Waals surface area (Å²) in [7, 11) is 0. The Labute approximate surface area is 131 Å². The van der Waals surface area contributed by atoms with Gasteiger partial charge in [0.2, 0.25) is 0 Å². The van der Waals surface area contributed by atoms with Crippen molar-refractivity contribution in [2.24, 2.45) is 0 Å². The molecular formula is C16H27BrN2O. The lowest BCUT2D eigenvalue weighted by Gasteiger charge is -2.21. The second-order valence-corrected chi connectivity index (χ2v) is 5.91. The maximum Gasteiger partial charge on any atom is 0.120 e. The molecule has 0 saturated heterocycles. The van der Waals surface area contributed by atoms with E-state index in [0.717, 1.165) is 49.1 Å². The first kappa shape index (κ1) is 17.5. The average Bonchev–Trinajstić information content (AvgIpc) is 2.46. The Bertz CT molecular complexity index is 394. The highest BCUT2D eigenvalue weighted by atomic mass is 79.9. The molecule has 0 aliphatic heterocycles. The van der Waals surface area contributed by atoms with Gasteiger partial charge in [-0.1, -0.05) is 36.7 Å². The predicted molar refractivity (Wildman–Crippen MR) is 89.2 cm³/mol. The van der Waals surface area contributed by atoms with Crippen LogP contribution in [-0.4, -0.2) is 36.2 Å². The molecule has 1 rings (SSSR count). The molecule has 0 bridgehead atoms. The number of benzene rings is 1. The van der Waals surface area contributed by atoms with Crippen LogP contribution in [-0.2, 0) is 0 Å². The third-order valence-corrected chi connectivity index (χ3v) is 4.20. The molecule has 114 valence electrons. The van der Waals surface area contributed by atoms with Gasteiger partial charge in [-0.15, -0.1) is 0 Å². The van der Waals surface area contributed by atoms with E-state index in [4.69, 9.17) is 0 Å². The van der Waals surface area contributed by atoms with Crippen molar-refractivity contribution in [2.75, 3.05) is 26.2 Å². The number of hydrogen-bond acceptors (Lipinski definition) is 3. The quantitative estimate of drug-likeness (QED) is 0.667. The Hall–Kier alpha value is -0.580. The smallest absolute Gasteiger partial charge is 0.120 e. The number of nitrogens with one attached hydrogen (secondary N) is 1. The van der Waals surface area contributed by atoms with E-state index in [-0.39, 0.29) is 6.04 Å². The molecule has 3 nitrogen and oxygen atoms in total. The van der Waals surface area contributed by atoms with Crippen LogP contribution in [0.5, 0.6) is 5.75 Å². The number of halogens is 1. The normalized spacial score (nSPS) is 12.8. The highest BCUT2D eigenvalue weighted by Crippen LogP contribution is 2.29. The fourth-order valence-corrected chi connectivity index (χ4v) is 2.78. The minimum absolute atomic E-state index is 0.212. The Morgan fingerprint density at radius 1 is 1.25 bits per heavy atom. The molecular weight excluding hydrogens is 316 g/mol. The van der Waals surface area contributed by atoms with E-state index in [1.165, 1.54) is 0 Å². The maximum atomic E-state index is 9.99. The number of hydrogen-bond donors (Lipinski definition) is 2. The summed E-state index contributed by atoms with van der Waals surface area (Å²) in [5.41, 5.74) is 0.977. The summed E-state index contributed by atoms with van der Waals surface area (Å²) in [6, 6.07) is 5.83. The van der Waals surface area contributed by atoms with Gasteiger partial charge in [0.05, 0.1) is 0 Å². The van der Waals surface area contributed by atoms with Crippen LogP contribution in [0.15, 0.2) is 22.7 Å². The fraction of sp³-hybridized carbons (Fsp3) is 0.625. The van der Waals surface area contributed by atoms with Gasteiger partial charge in [0, 0.05) is 16.1 Å². The van der Waals surface area contributed by atoms with E-state index in [2.05, 4.69) is 46.9 Å². The number of nitrogens with zero attached hydrogens (tertiary/aromatic N) is 1. The van der Waals surface area contributed by atoms with Gasteiger partial charge < -0.3 is 15.3 Å². The van der Waals surface area contributed by atoms with Crippen LogP contribution in [0.1, 0.15) is 45.2 Å². The number of phenolic OH excluding ortho intramolecular Hbond substituents is 1. The minimum atomic E-state index is 0.212. The summed E-state index contributed by atoms with van der Waals surface area (Å²) < 4.78 is 1.01. The second kappa shape index (κ2) is 9.37. The molecule has 0 amide bonds. The monoisotopic (exact) mass is 342 g/mol. The van der Waals surface area contributed by atoms with E-state index in [1.807, 2.05) is 12.1 Å². The molecule has 1 aromatic rings. The van der Waals surface area contributed by atoms with Crippen LogP contribution in [0, 0.1) is 0 Å². The van der Waals surface area contributed by atoms with E-state index < -0.39 is 0 Å². The van der Waals surface area contributed by atoms with Crippen molar-refractivity contribution < 1.29 is 5.11 Å². The van der Waals surface area contributed by atoms with Gasteiger partial charge in [0.25, 0.3) is 0 Å². The molecule has 1 aromatic carbocycles. The van der Waals surface area contributed by atoms with Gasteiger partial charge in [0.15, 0.2) is 0 Å². The lowest BCUT2D eigenvalue weighted by molar-refractivity contribution is 0.295. The Balaban J connectivity index is 2.49. The zero-order valence-corrected chi connectivity index (χ0v) is 14.4. The topological polar surface area (TPSA) is 35.5 Å². The van der Waals surface area contributed by atoms with Crippen LogP contribution in [0.4, 0.5) is 0 Å². The van der Waals surface area contributed by atoms with Crippen LogP contribution in [0.3, 0.4) is 0 Å². The lowest BCUT2D eigenvalue weighted by atomic mass is 10.0. The van der Waals surface area contributed by atoms with Gasteiger partial charge >= 0.3 is 0 Å². The molecule has 1 unspecified atom stereocenters. The van der Waals surface area contributed by atoms with Crippen LogP contribution in [0.25, 0.3) is 0 Å². The highest BCUT2D eigenvalue weighted by Gasteiger charge is 2.13. The molecule has 20 heavy (non-hydrogen) atoms. The molecule has 4 heteroatoms. The van der Waals surface area contributed by atoms with Crippen molar-refractivity contribution in [3.63, 3.8) is 0 Å². The molecule has 0 aromatic heterocycles. The van der Waals surface area contributed by atoms with Crippen molar-refractivity contribution in [3.8, 4) is 5.75 Å². The highest BCUT2D eigenvalue weighted by molar-refractivity contribution is 9.10. The summed E-state index contributed by atoms with van der Waals surface area (Å²) in [6.45, 7) is 10.9. The predicted octanol–water partition coefficient (Wildman–Crippen LogP) is 3.93. The minimum Gasteiger partial charge on any atom is -0.508 e. The summed E-state index contributed by atoms with van der Waals surface area (Å²) >= 11 is 3.47. The molecule has 2 N–H and O–H groups in total. The van der Waals surface area contributed by atoms with Crippen LogP contribution < -0.4 is 5.32 Å². The van der Waals surface area contributed by atoms with Gasteiger partial charge in [-0.25, -0.2) is 0 Å². The summed E-state index contributed by atoms with van der Waals surface area (Å²) in [5, 5.41) is 13.5. The summed E-state index contributed by atoms with van der Waals surface area (Å²) in [4.78, 5) is 2.43. The van der Waals surface area contributed by atoms with Crippen molar-refractivity contribution in [1.29, 1.82) is 0 Å². The van der Waals surface area contributed by atoms with E-state index in [1.54, 1.807) is 6.07 Å². The molecule has 0 aliphatic rings. The van der Waals surface area contributed by atoms with E-state index >= 15 is 0 Å². The van der Waals surface area contributed by atoms with Gasteiger partial charge in [-0.05, 0) is 57.2 Å². The van der Waals surface area contributed by atoms with Gasteiger partial charge in [0.1, 0.15) is 5.75 Å². The molecule has 0 saturated carbocycles. The first-order chi connectivity index (χ1) is 9.62. The van der Waals surface area contributed by atoms with Crippen LogP contribution in [0.2, 0.25) is 0 Å². The molecule has 1 atom stereocenters. The van der Waals surface area contributed by atoms with Crippen molar-refractivity contribution in [1.82, 2.24) is 10.2 Å². The number of phenols is 1. The third-order valence-electron chi connectivity index (χ3n) is 3.71. The standard InChI is InChI=1S/C16H27BrN2O/c1-4-15(14-12-13(17)8-9-16(14)20)18-10-7-11-19(5-2)6-3/h8-9,12,15,18,20H,4-7,10-11H2,1-3H3. The molecule has 0 fully saturated rings.